The van der Waals surface area contributed by atoms with Crippen LogP contribution in [0.25, 0.3) is 0 Å². The smallest absolute Gasteiger partial charge is 0.144 e. The lowest BCUT2D eigenvalue weighted by Crippen LogP contribution is -2.46. The topological polar surface area (TPSA) is 68.4 Å². The van der Waals surface area contributed by atoms with Crippen molar-refractivity contribution in [2.24, 2.45) is 0 Å². The first-order chi connectivity index (χ1) is 7.31. The van der Waals surface area contributed by atoms with Crippen molar-refractivity contribution in [1.82, 2.24) is 4.98 Å². The number of carbonyl (C=O) groups is 1. The number of anilines is 2. The summed E-state index contributed by atoms with van der Waals surface area (Å²) in [6.45, 7) is 1.73. The lowest BCUT2D eigenvalue weighted by molar-refractivity contribution is -0.111. The van der Waals surface area contributed by atoms with Crippen LogP contribution in [0.15, 0.2) is 18.3 Å². The molecule has 80 valence electrons. The number of nitrogen functional groups attached to an aromatic ring is 1. The second-order valence-electron chi connectivity index (χ2n) is 3.42. The monoisotopic (exact) mass is 207 g/mol. The maximum Gasteiger partial charge on any atom is 0.144 e. The lowest BCUT2D eigenvalue weighted by Gasteiger charge is -2.33. The molecule has 5 nitrogen and oxygen atoms in total. The number of hydrogen-bond acceptors (Lipinski definition) is 5. The van der Waals surface area contributed by atoms with Gasteiger partial charge in [-0.15, -0.1) is 0 Å². The van der Waals surface area contributed by atoms with Gasteiger partial charge in [0, 0.05) is 6.54 Å². The number of hydrogen-bond donors (Lipinski definition) is 1. The largest absolute Gasteiger partial charge is 0.397 e. The summed E-state index contributed by atoms with van der Waals surface area (Å²) >= 11 is 0. The minimum Gasteiger partial charge on any atom is -0.397 e. The molecule has 15 heavy (non-hydrogen) atoms. The average Bonchev–Trinajstić information content (AvgIpc) is 2.30. The van der Waals surface area contributed by atoms with Crippen LogP contribution in [0.5, 0.6) is 0 Å². The maximum absolute atomic E-state index is 10.8. The summed E-state index contributed by atoms with van der Waals surface area (Å²) in [6.07, 6.45) is 2.48. The molecule has 0 amide bonds. The Bertz CT molecular complexity index is 339. The Balaban J connectivity index is 2.20. The fraction of sp³-hybridized carbons (Fsp3) is 0.400. The van der Waals surface area contributed by atoms with Crippen LogP contribution < -0.4 is 10.6 Å². The standard InChI is InChI=1S/C10H13N3O2/c11-8-1-2-10(12-5-8)13-3-4-15-7-9(13)6-14/h1-2,5-6,9H,3-4,7,11H2. The van der Waals surface area contributed by atoms with E-state index in [2.05, 4.69) is 4.98 Å². The van der Waals surface area contributed by atoms with Gasteiger partial charge in [0.2, 0.25) is 0 Å². The van der Waals surface area contributed by atoms with Gasteiger partial charge in [-0.3, -0.25) is 0 Å². The highest BCUT2D eigenvalue weighted by molar-refractivity contribution is 5.65. The van der Waals surface area contributed by atoms with Crippen molar-refractivity contribution in [2.45, 2.75) is 6.04 Å². The molecular weight excluding hydrogens is 194 g/mol. The zero-order valence-corrected chi connectivity index (χ0v) is 8.30. The quantitative estimate of drug-likeness (QED) is 0.695. The Morgan fingerprint density at radius 2 is 2.47 bits per heavy atom. The van der Waals surface area contributed by atoms with Gasteiger partial charge in [-0.2, -0.15) is 0 Å². The number of pyridine rings is 1. The minimum absolute atomic E-state index is 0.241. The first-order valence-electron chi connectivity index (χ1n) is 4.82. The van der Waals surface area contributed by atoms with E-state index in [0.717, 1.165) is 12.1 Å². The zero-order chi connectivity index (χ0) is 10.7. The van der Waals surface area contributed by atoms with Crippen LogP contribution in [-0.2, 0) is 9.53 Å². The fourth-order valence-corrected chi connectivity index (χ4v) is 1.59. The number of nitrogens with two attached hydrogens (primary N) is 1. The third-order valence-electron chi connectivity index (χ3n) is 2.39. The molecule has 1 aromatic heterocycles. The highest BCUT2D eigenvalue weighted by Crippen LogP contribution is 2.16. The first kappa shape index (κ1) is 9.92. The first-order valence-corrected chi connectivity index (χ1v) is 4.82. The number of morpholine rings is 1. The summed E-state index contributed by atoms with van der Waals surface area (Å²) in [7, 11) is 0. The van der Waals surface area contributed by atoms with Crippen molar-refractivity contribution < 1.29 is 9.53 Å². The van der Waals surface area contributed by atoms with Gasteiger partial charge in [0.25, 0.3) is 0 Å². The third-order valence-corrected chi connectivity index (χ3v) is 2.39. The van der Waals surface area contributed by atoms with E-state index in [0.29, 0.717) is 25.4 Å². The van der Waals surface area contributed by atoms with Crippen molar-refractivity contribution in [3.05, 3.63) is 18.3 Å². The molecule has 5 heteroatoms. The molecular formula is C10H13N3O2. The van der Waals surface area contributed by atoms with Gasteiger partial charge in [0.1, 0.15) is 18.1 Å². The molecule has 2 rings (SSSR count). The number of aldehydes is 1. The van der Waals surface area contributed by atoms with Gasteiger partial charge in [-0.05, 0) is 12.1 Å². The van der Waals surface area contributed by atoms with Crippen molar-refractivity contribution in [3.63, 3.8) is 0 Å². The molecule has 0 bridgehead atoms. The van der Waals surface area contributed by atoms with Crippen LogP contribution in [-0.4, -0.2) is 37.1 Å². The predicted octanol–water partition coefficient (Wildman–Crippen LogP) is 0.0679. The van der Waals surface area contributed by atoms with E-state index in [1.165, 1.54) is 0 Å². The molecule has 1 aliphatic heterocycles. The summed E-state index contributed by atoms with van der Waals surface area (Å²) < 4.78 is 5.22. The molecule has 1 saturated heterocycles. The van der Waals surface area contributed by atoms with Gasteiger partial charge in [0.05, 0.1) is 25.1 Å². The SMILES string of the molecule is Nc1ccc(N2CCOCC2C=O)nc1. The van der Waals surface area contributed by atoms with Gasteiger partial charge < -0.3 is 20.2 Å². The van der Waals surface area contributed by atoms with Crippen LogP contribution >= 0.6 is 0 Å². The normalized spacial score (nSPS) is 21.3. The zero-order valence-electron chi connectivity index (χ0n) is 8.30. The Morgan fingerprint density at radius 3 is 3.13 bits per heavy atom. The van der Waals surface area contributed by atoms with Crippen LogP contribution in [0.2, 0.25) is 0 Å². The molecule has 1 aromatic rings. The number of carbonyl (C=O) groups excluding carboxylic acids is 1. The molecule has 2 heterocycles. The molecule has 1 aliphatic rings. The maximum atomic E-state index is 10.8. The molecule has 0 saturated carbocycles. The summed E-state index contributed by atoms with van der Waals surface area (Å²) in [4.78, 5) is 16.9. The van der Waals surface area contributed by atoms with Crippen molar-refractivity contribution >= 4 is 17.8 Å². The molecule has 0 aromatic carbocycles. The Hall–Kier alpha value is -1.62. The van der Waals surface area contributed by atoms with Crippen LogP contribution in [0, 0.1) is 0 Å². The summed E-state index contributed by atoms with van der Waals surface area (Å²) in [6, 6.07) is 3.35. The van der Waals surface area contributed by atoms with Crippen molar-refractivity contribution in [2.75, 3.05) is 30.4 Å². The Kier molecular flexibility index (Phi) is 2.82. The molecule has 0 spiro atoms. The fourth-order valence-electron chi connectivity index (χ4n) is 1.59. The summed E-state index contributed by atoms with van der Waals surface area (Å²) in [5.74, 6) is 0.768. The third kappa shape index (κ3) is 2.07. The average molecular weight is 207 g/mol. The van der Waals surface area contributed by atoms with E-state index in [-0.39, 0.29) is 6.04 Å². The van der Waals surface area contributed by atoms with Crippen LogP contribution in [0.3, 0.4) is 0 Å². The molecule has 1 unspecified atom stereocenters. The molecule has 1 atom stereocenters. The van der Waals surface area contributed by atoms with Gasteiger partial charge in [-0.1, -0.05) is 0 Å². The number of nitrogens with zero attached hydrogens (tertiary/aromatic N) is 2. The molecule has 0 radical (unpaired) electrons. The summed E-state index contributed by atoms with van der Waals surface area (Å²) in [5, 5.41) is 0. The number of aromatic nitrogens is 1. The molecule has 2 N–H and O–H groups in total. The molecule has 1 fully saturated rings. The van der Waals surface area contributed by atoms with Crippen LogP contribution in [0.4, 0.5) is 11.5 Å². The highest BCUT2D eigenvalue weighted by Gasteiger charge is 2.23. The lowest BCUT2D eigenvalue weighted by atomic mass is 10.2. The highest BCUT2D eigenvalue weighted by atomic mass is 16.5. The van der Waals surface area contributed by atoms with Gasteiger partial charge in [-0.25, -0.2) is 4.98 Å². The van der Waals surface area contributed by atoms with Gasteiger partial charge in [0.15, 0.2) is 0 Å². The summed E-state index contributed by atoms with van der Waals surface area (Å²) in [5.41, 5.74) is 6.17. The number of rotatable bonds is 2. The predicted molar refractivity (Wildman–Crippen MR) is 56.7 cm³/mol. The number of ether oxygens (including phenoxy) is 1. The van der Waals surface area contributed by atoms with E-state index in [9.17, 15) is 4.79 Å². The Morgan fingerprint density at radius 1 is 1.60 bits per heavy atom. The Labute approximate surface area is 87.8 Å². The van der Waals surface area contributed by atoms with Crippen molar-refractivity contribution in [1.29, 1.82) is 0 Å². The second kappa shape index (κ2) is 4.27. The van der Waals surface area contributed by atoms with E-state index in [1.54, 1.807) is 12.3 Å². The molecule has 0 aliphatic carbocycles. The van der Waals surface area contributed by atoms with E-state index in [1.807, 2.05) is 11.0 Å². The second-order valence-corrected chi connectivity index (χ2v) is 3.42. The van der Waals surface area contributed by atoms with Gasteiger partial charge >= 0.3 is 0 Å². The van der Waals surface area contributed by atoms with E-state index in [4.69, 9.17) is 10.5 Å². The minimum atomic E-state index is -0.241. The van der Waals surface area contributed by atoms with E-state index < -0.39 is 0 Å². The van der Waals surface area contributed by atoms with Crippen LogP contribution in [0.1, 0.15) is 0 Å². The van der Waals surface area contributed by atoms with Crippen molar-refractivity contribution in [3.8, 4) is 0 Å². The van der Waals surface area contributed by atoms with E-state index >= 15 is 0 Å².